The van der Waals surface area contributed by atoms with Crippen molar-refractivity contribution < 1.29 is 69.4 Å². The van der Waals surface area contributed by atoms with Gasteiger partial charge in [-0.15, -0.1) is 0 Å². The molecule has 0 spiro atoms. The van der Waals surface area contributed by atoms with Crippen LogP contribution in [0.3, 0.4) is 0 Å². The van der Waals surface area contributed by atoms with Crippen LogP contribution in [0, 0.1) is 5.92 Å². The lowest BCUT2D eigenvalue weighted by molar-refractivity contribution is -0.320. The molecule has 11 atom stereocenters. The van der Waals surface area contributed by atoms with Crippen molar-refractivity contribution in [1.82, 2.24) is 0 Å². The van der Waals surface area contributed by atoms with Gasteiger partial charge in [-0.05, 0) is 13.3 Å². The minimum Gasteiger partial charge on any atom is -0.396 e. The van der Waals surface area contributed by atoms with Crippen LogP contribution in [-0.4, -0.2) is 131 Å². The Bertz CT molecular complexity index is 629. The molecule has 2 rings (SSSR count). The summed E-state index contributed by atoms with van der Waals surface area (Å²) < 4.78 is 27.2. The molecule has 1 aliphatic carbocycles. The maximum atomic E-state index is 11.1. The van der Waals surface area contributed by atoms with Crippen LogP contribution in [0.1, 0.15) is 13.3 Å². The third-order valence-electron chi connectivity index (χ3n) is 5.70. The zero-order chi connectivity index (χ0) is 23.7. The van der Waals surface area contributed by atoms with E-state index in [-0.39, 0.29) is 6.42 Å². The molecule has 184 valence electrons. The Hall–Kier alpha value is -0.290. The second-order valence-corrected chi connectivity index (χ2v) is 9.62. The first-order chi connectivity index (χ1) is 14.3. The summed E-state index contributed by atoms with van der Waals surface area (Å²) in [5, 5.41) is 79.4. The molecule has 31 heavy (non-hydrogen) atoms. The van der Waals surface area contributed by atoms with Gasteiger partial charge < -0.3 is 64.8 Å². The summed E-state index contributed by atoms with van der Waals surface area (Å²) in [5.74, 6) is -5.29. The van der Waals surface area contributed by atoms with Crippen LogP contribution in [-0.2, 0) is 18.8 Å². The van der Waals surface area contributed by atoms with E-state index in [9.17, 15) is 45.4 Å². The number of hydrogen-bond acceptors (Lipinski definition) is 12. The number of aliphatic hydroxyl groups is 8. The normalized spacial score (nSPS) is 43.7. The SMILES string of the molecule is CC(OCC1OC(CO)(OC2CC(CO)C(O)C(O)C2O)C(O)C1O)C(O)P(=O)(O)O. The molecule has 0 radical (unpaired) electrons. The smallest absolute Gasteiger partial charge is 0.356 e. The maximum absolute atomic E-state index is 11.1. The van der Waals surface area contributed by atoms with Gasteiger partial charge in [0.2, 0.25) is 5.79 Å². The van der Waals surface area contributed by atoms with E-state index in [1.165, 1.54) is 0 Å². The summed E-state index contributed by atoms with van der Waals surface area (Å²) in [7, 11) is -4.86. The average molecular weight is 478 g/mol. The molecule has 14 nitrogen and oxygen atoms in total. The highest BCUT2D eigenvalue weighted by molar-refractivity contribution is 7.52. The van der Waals surface area contributed by atoms with Crippen molar-refractivity contribution in [3.05, 3.63) is 0 Å². The van der Waals surface area contributed by atoms with Crippen molar-refractivity contribution in [2.75, 3.05) is 19.8 Å². The van der Waals surface area contributed by atoms with Gasteiger partial charge in [0, 0.05) is 12.5 Å². The van der Waals surface area contributed by atoms with Gasteiger partial charge in [0.15, 0.2) is 5.85 Å². The topological polar surface area (TPSA) is 247 Å². The Morgan fingerprint density at radius 2 is 1.68 bits per heavy atom. The van der Waals surface area contributed by atoms with Gasteiger partial charge in [0.1, 0.15) is 37.1 Å². The van der Waals surface area contributed by atoms with Crippen molar-refractivity contribution >= 4 is 7.60 Å². The highest BCUT2D eigenvalue weighted by Crippen LogP contribution is 2.42. The van der Waals surface area contributed by atoms with Crippen LogP contribution in [0.25, 0.3) is 0 Å². The molecule has 0 aromatic heterocycles. The fourth-order valence-electron chi connectivity index (χ4n) is 3.70. The van der Waals surface area contributed by atoms with Gasteiger partial charge in [-0.25, -0.2) is 0 Å². The highest BCUT2D eigenvalue weighted by Gasteiger charge is 2.58. The Balaban J connectivity index is 2.10. The largest absolute Gasteiger partial charge is 0.396 e. The molecule has 0 bridgehead atoms. The van der Waals surface area contributed by atoms with Crippen LogP contribution in [0.5, 0.6) is 0 Å². The molecule has 1 saturated carbocycles. The van der Waals surface area contributed by atoms with Crippen LogP contribution < -0.4 is 0 Å². The van der Waals surface area contributed by atoms with Gasteiger partial charge in [-0.2, -0.15) is 0 Å². The molecular weight excluding hydrogens is 447 g/mol. The molecule has 10 N–H and O–H groups in total. The van der Waals surface area contributed by atoms with E-state index in [4.69, 9.17) is 24.0 Å². The predicted molar refractivity (Wildman–Crippen MR) is 98.3 cm³/mol. The molecular formula is C16H31O14P. The second-order valence-electron chi connectivity index (χ2n) is 7.91. The fourth-order valence-corrected chi connectivity index (χ4v) is 4.33. The van der Waals surface area contributed by atoms with Crippen molar-refractivity contribution in [3.8, 4) is 0 Å². The van der Waals surface area contributed by atoms with Crippen LogP contribution in [0.2, 0.25) is 0 Å². The fraction of sp³-hybridized carbons (Fsp3) is 1.00. The summed E-state index contributed by atoms with van der Waals surface area (Å²) in [5.41, 5.74) is 0. The molecule has 1 heterocycles. The lowest BCUT2D eigenvalue weighted by Crippen LogP contribution is -2.59. The Labute approximate surface area is 177 Å². The molecule has 11 unspecified atom stereocenters. The van der Waals surface area contributed by atoms with Crippen LogP contribution >= 0.6 is 7.60 Å². The first kappa shape index (κ1) is 27.0. The Morgan fingerprint density at radius 1 is 1.06 bits per heavy atom. The molecule has 15 heteroatoms. The summed E-state index contributed by atoms with van der Waals surface area (Å²) in [6, 6.07) is 0. The highest BCUT2D eigenvalue weighted by atomic mass is 31.2. The predicted octanol–water partition coefficient (Wildman–Crippen LogP) is -4.82. The van der Waals surface area contributed by atoms with Gasteiger partial charge >= 0.3 is 7.60 Å². The van der Waals surface area contributed by atoms with E-state index < -0.39 is 93.8 Å². The molecule has 1 saturated heterocycles. The monoisotopic (exact) mass is 478 g/mol. The van der Waals surface area contributed by atoms with Crippen molar-refractivity contribution in [1.29, 1.82) is 0 Å². The third-order valence-corrected chi connectivity index (χ3v) is 6.81. The molecule has 2 fully saturated rings. The van der Waals surface area contributed by atoms with E-state index in [1.54, 1.807) is 0 Å². The first-order valence-electron chi connectivity index (χ1n) is 9.61. The Kier molecular flexibility index (Phi) is 8.98. The minimum atomic E-state index is -4.86. The van der Waals surface area contributed by atoms with E-state index in [2.05, 4.69) is 0 Å². The molecule has 1 aliphatic heterocycles. The zero-order valence-corrected chi connectivity index (χ0v) is 17.5. The molecule has 2 aliphatic rings. The second kappa shape index (κ2) is 10.3. The van der Waals surface area contributed by atoms with Gasteiger partial charge in [-0.3, -0.25) is 4.57 Å². The van der Waals surface area contributed by atoms with E-state index in [0.717, 1.165) is 6.92 Å². The van der Waals surface area contributed by atoms with E-state index in [1.807, 2.05) is 0 Å². The van der Waals surface area contributed by atoms with Gasteiger partial charge in [-0.1, -0.05) is 0 Å². The maximum Gasteiger partial charge on any atom is 0.356 e. The first-order valence-corrected chi connectivity index (χ1v) is 11.3. The third kappa shape index (κ3) is 5.62. The van der Waals surface area contributed by atoms with E-state index >= 15 is 0 Å². The summed E-state index contributed by atoms with van der Waals surface area (Å²) in [6.07, 6.45) is -12.6. The van der Waals surface area contributed by atoms with Crippen molar-refractivity contribution in [2.24, 2.45) is 5.92 Å². The van der Waals surface area contributed by atoms with E-state index in [0.29, 0.717) is 0 Å². The summed E-state index contributed by atoms with van der Waals surface area (Å²) in [4.78, 5) is 18.0. The number of rotatable bonds is 9. The summed E-state index contributed by atoms with van der Waals surface area (Å²) >= 11 is 0. The average Bonchev–Trinajstić information content (AvgIpc) is 2.96. The summed E-state index contributed by atoms with van der Waals surface area (Å²) in [6.45, 7) is -0.944. The Morgan fingerprint density at radius 3 is 2.19 bits per heavy atom. The van der Waals surface area contributed by atoms with Crippen molar-refractivity contribution in [2.45, 2.75) is 73.8 Å². The van der Waals surface area contributed by atoms with Crippen LogP contribution in [0.15, 0.2) is 0 Å². The van der Waals surface area contributed by atoms with Crippen molar-refractivity contribution in [3.63, 3.8) is 0 Å². The minimum absolute atomic E-state index is 0.170. The van der Waals surface area contributed by atoms with Gasteiger partial charge in [0.25, 0.3) is 0 Å². The lowest BCUT2D eigenvalue weighted by atomic mass is 9.81. The van der Waals surface area contributed by atoms with Gasteiger partial charge in [0.05, 0.1) is 24.9 Å². The van der Waals surface area contributed by atoms with Crippen LogP contribution in [0.4, 0.5) is 0 Å². The number of hydrogen-bond donors (Lipinski definition) is 10. The molecule has 0 aromatic rings. The zero-order valence-electron chi connectivity index (χ0n) is 16.7. The molecule has 0 aromatic carbocycles. The number of aliphatic hydroxyl groups excluding tert-OH is 8. The lowest BCUT2D eigenvalue weighted by Gasteiger charge is -2.43. The number of ether oxygens (including phenoxy) is 3. The standard InChI is InChI=1S/C16H31O14P/c1-6(15(24)31(25,26)27)28-4-9-12(21)14(23)16(5-18,30-9)29-8-2-7(3-17)10(19)13(22)11(8)20/h6-15,17-24H,2-5H2,1H3,(H2,25,26,27). The molecule has 0 amide bonds. The quantitative estimate of drug-likeness (QED) is 0.140.